The molecule has 3 heterocycles. The highest BCUT2D eigenvalue weighted by Gasteiger charge is 2.22. The van der Waals surface area contributed by atoms with Crippen molar-refractivity contribution in [3.63, 3.8) is 0 Å². The van der Waals surface area contributed by atoms with Gasteiger partial charge in [-0.15, -0.1) is 11.3 Å². The van der Waals surface area contributed by atoms with Gasteiger partial charge in [0.25, 0.3) is 0 Å². The third kappa shape index (κ3) is 4.80. The number of fused-ring (bicyclic) bond motifs is 3. The molecule has 0 fully saturated rings. The molecule has 0 radical (unpaired) electrons. The van der Waals surface area contributed by atoms with Crippen molar-refractivity contribution in [2.24, 2.45) is 0 Å². The van der Waals surface area contributed by atoms with Gasteiger partial charge in [-0.1, -0.05) is 53.6 Å². The Hall–Kier alpha value is -2.38. The van der Waals surface area contributed by atoms with Crippen molar-refractivity contribution in [3.8, 4) is 0 Å². The summed E-state index contributed by atoms with van der Waals surface area (Å²) < 4.78 is 2.07. The lowest BCUT2D eigenvalue weighted by molar-refractivity contribution is -0.116. The van der Waals surface area contributed by atoms with Crippen molar-refractivity contribution < 1.29 is 4.79 Å². The summed E-state index contributed by atoms with van der Waals surface area (Å²) >= 11 is 14.4. The van der Waals surface area contributed by atoms with E-state index in [1.54, 1.807) is 6.07 Å². The van der Waals surface area contributed by atoms with Crippen LogP contribution >= 0.6 is 34.5 Å². The van der Waals surface area contributed by atoms with Crippen LogP contribution in [0.4, 0.5) is 5.13 Å². The van der Waals surface area contributed by atoms with Crippen LogP contribution in [0.3, 0.4) is 0 Å². The molecule has 0 saturated heterocycles. The molecule has 1 aliphatic heterocycles. The Bertz CT molecular complexity index is 1300. The highest BCUT2D eigenvalue weighted by molar-refractivity contribution is 7.14. The number of benzene rings is 1. The van der Waals surface area contributed by atoms with E-state index in [2.05, 4.69) is 38.4 Å². The van der Waals surface area contributed by atoms with Gasteiger partial charge >= 0.3 is 0 Å². The lowest BCUT2D eigenvalue weighted by atomic mass is 10.0. The van der Waals surface area contributed by atoms with E-state index in [4.69, 9.17) is 23.2 Å². The molecule has 3 aromatic rings. The molecule has 1 aromatic carbocycles. The number of rotatable bonds is 4. The van der Waals surface area contributed by atoms with Gasteiger partial charge in [0.05, 0.1) is 16.2 Å². The fraction of sp³-hybridized carbons (Fsp3) is 0.280. The number of anilines is 1. The molecule has 0 saturated carbocycles. The molecular weight excluding hydrogens is 475 g/mol. The SMILES string of the molecule is O=C(Cn1c2c(c3cc(Cl)cc(Cl)c31)CCNCCC2)Nc1nc(C2=CC=CCC=C2)cs1. The second kappa shape index (κ2) is 9.85. The maximum Gasteiger partial charge on any atom is 0.246 e. The van der Waals surface area contributed by atoms with Crippen LogP contribution in [0.15, 0.2) is 47.9 Å². The van der Waals surface area contributed by atoms with Gasteiger partial charge in [0.2, 0.25) is 5.91 Å². The van der Waals surface area contributed by atoms with Crippen LogP contribution in [0.5, 0.6) is 0 Å². The molecule has 1 aliphatic carbocycles. The van der Waals surface area contributed by atoms with E-state index in [0.29, 0.717) is 15.2 Å². The molecule has 2 aliphatic rings. The number of halogens is 2. The molecule has 0 atom stereocenters. The van der Waals surface area contributed by atoms with Gasteiger partial charge in [0.15, 0.2) is 5.13 Å². The van der Waals surface area contributed by atoms with Crippen LogP contribution in [0.25, 0.3) is 16.5 Å². The Morgan fingerprint density at radius 3 is 3.03 bits per heavy atom. The molecule has 0 unspecified atom stereocenters. The Kier molecular flexibility index (Phi) is 6.69. The molecule has 170 valence electrons. The average Bonchev–Trinajstić information content (AvgIpc) is 3.19. The number of nitrogens with zero attached hydrogens (tertiary/aromatic N) is 2. The van der Waals surface area contributed by atoms with E-state index in [0.717, 1.165) is 60.9 Å². The quantitative estimate of drug-likeness (QED) is 0.462. The maximum absolute atomic E-state index is 13.1. The first-order valence-corrected chi connectivity index (χ1v) is 12.7. The van der Waals surface area contributed by atoms with E-state index in [1.165, 1.54) is 22.6 Å². The standard InChI is InChI=1S/C25H24Cl2N4OS/c26-17-12-19-18-9-11-28-10-5-8-22(18)31(24(19)20(27)13-17)14-23(32)30-25-29-21(15-33-25)16-6-3-1-2-4-7-16/h1,3-4,6-7,12-13,15,28H,2,5,8-11,14H2,(H,29,30,32). The van der Waals surface area contributed by atoms with Crippen LogP contribution in [-0.4, -0.2) is 28.5 Å². The first-order valence-electron chi connectivity index (χ1n) is 11.1. The summed E-state index contributed by atoms with van der Waals surface area (Å²) in [4.78, 5) is 17.7. The number of allylic oxidation sites excluding steroid dienone is 6. The third-order valence-electron chi connectivity index (χ3n) is 5.95. The summed E-state index contributed by atoms with van der Waals surface area (Å²) in [5, 5.41) is 11.2. The van der Waals surface area contributed by atoms with Crippen LogP contribution in [0, 0.1) is 0 Å². The maximum atomic E-state index is 13.1. The van der Waals surface area contributed by atoms with Gasteiger partial charge in [0, 0.05) is 27.1 Å². The number of hydrogen-bond acceptors (Lipinski definition) is 4. The lowest BCUT2D eigenvalue weighted by Crippen LogP contribution is -2.24. The van der Waals surface area contributed by atoms with Crippen molar-refractivity contribution >= 4 is 62.1 Å². The zero-order chi connectivity index (χ0) is 22.8. The fourth-order valence-electron chi connectivity index (χ4n) is 4.50. The number of thiazole rings is 1. The van der Waals surface area contributed by atoms with E-state index in [9.17, 15) is 4.79 Å². The van der Waals surface area contributed by atoms with Gasteiger partial charge in [-0.25, -0.2) is 4.98 Å². The van der Waals surface area contributed by atoms with Gasteiger partial charge in [-0.3, -0.25) is 4.79 Å². The van der Waals surface area contributed by atoms with E-state index in [-0.39, 0.29) is 12.5 Å². The average molecular weight is 499 g/mol. The summed E-state index contributed by atoms with van der Waals surface area (Å²) in [5.74, 6) is -0.118. The largest absolute Gasteiger partial charge is 0.334 e. The first kappa shape index (κ1) is 22.4. The monoisotopic (exact) mass is 498 g/mol. The van der Waals surface area contributed by atoms with E-state index in [1.807, 2.05) is 23.6 Å². The molecular formula is C25H24Cl2N4OS. The summed E-state index contributed by atoms with van der Waals surface area (Å²) in [7, 11) is 0. The highest BCUT2D eigenvalue weighted by atomic mass is 35.5. The Morgan fingerprint density at radius 2 is 2.12 bits per heavy atom. The van der Waals surface area contributed by atoms with Gasteiger partial charge in [-0.2, -0.15) is 0 Å². The highest BCUT2D eigenvalue weighted by Crippen LogP contribution is 2.36. The van der Waals surface area contributed by atoms with Crippen LogP contribution in [0.2, 0.25) is 10.0 Å². The Morgan fingerprint density at radius 1 is 1.21 bits per heavy atom. The summed E-state index contributed by atoms with van der Waals surface area (Å²) in [6.07, 6.45) is 14.0. The van der Waals surface area contributed by atoms with Crippen LogP contribution in [0.1, 0.15) is 29.8 Å². The second-order valence-corrected chi connectivity index (χ2v) is 9.87. The number of aromatic nitrogens is 2. The molecule has 8 heteroatoms. The van der Waals surface area contributed by atoms with Crippen LogP contribution in [-0.2, 0) is 24.2 Å². The van der Waals surface area contributed by atoms with E-state index >= 15 is 0 Å². The fourth-order valence-corrected chi connectivity index (χ4v) is 5.83. The van der Waals surface area contributed by atoms with E-state index < -0.39 is 0 Å². The topological polar surface area (TPSA) is 59.0 Å². The van der Waals surface area contributed by atoms with Crippen molar-refractivity contribution in [2.45, 2.75) is 32.2 Å². The molecule has 5 nitrogen and oxygen atoms in total. The van der Waals surface area contributed by atoms with Crippen LogP contribution < -0.4 is 10.6 Å². The van der Waals surface area contributed by atoms with Gasteiger partial charge in [0.1, 0.15) is 6.54 Å². The summed E-state index contributed by atoms with van der Waals surface area (Å²) in [6, 6.07) is 3.72. The number of hydrogen-bond donors (Lipinski definition) is 2. The zero-order valence-corrected chi connectivity index (χ0v) is 20.4. The minimum atomic E-state index is -0.118. The molecule has 2 N–H and O–H groups in total. The molecule has 1 amide bonds. The second-order valence-electron chi connectivity index (χ2n) is 8.17. The number of amides is 1. The number of carbonyl (C=O) groups is 1. The minimum absolute atomic E-state index is 0.118. The predicted octanol–water partition coefficient (Wildman–Crippen LogP) is 6.02. The van der Waals surface area contributed by atoms with Crippen molar-refractivity contribution in [1.82, 2.24) is 14.9 Å². The molecule has 5 rings (SSSR count). The van der Waals surface area contributed by atoms with Crippen molar-refractivity contribution in [1.29, 1.82) is 0 Å². The molecule has 33 heavy (non-hydrogen) atoms. The zero-order valence-electron chi connectivity index (χ0n) is 18.0. The smallest absolute Gasteiger partial charge is 0.246 e. The first-order chi connectivity index (χ1) is 16.1. The summed E-state index contributed by atoms with van der Waals surface area (Å²) in [5.41, 5.74) is 5.18. The van der Waals surface area contributed by atoms with Crippen molar-refractivity contribution in [3.05, 3.63) is 74.9 Å². The minimum Gasteiger partial charge on any atom is -0.334 e. The Balaban J connectivity index is 1.43. The third-order valence-corrected chi connectivity index (χ3v) is 7.21. The molecule has 2 aromatic heterocycles. The number of nitrogens with one attached hydrogen (secondary N) is 2. The summed E-state index contributed by atoms with van der Waals surface area (Å²) in [6.45, 7) is 2.04. The Labute approximate surface area is 206 Å². The van der Waals surface area contributed by atoms with Gasteiger partial charge < -0.3 is 15.2 Å². The molecule has 0 bridgehead atoms. The molecule has 0 spiro atoms. The van der Waals surface area contributed by atoms with Crippen molar-refractivity contribution in [2.75, 3.05) is 18.4 Å². The lowest BCUT2D eigenvalue weighted by Gasteiger charge is -2.15. The normalized spacial score (nSPS) is 16.1. The van der Waals surface area contributed by atoms with Gasteiger partial charge in [-0.05, 0) is 56.5 Å². The predicted molar refractivity (Wildman–Crippen MR) is 138 cm³/mol. The number of carbonyl (C=O) groups excluding carboxylic acids is 1.